The molecule has 3 nitrogen and oxygen atoms in total. The minimum atomic E-state index is -0.447. The minimum Gasteiger partial charge on any atom is -0.356 e. The summed E-state index contributed by atoms with van der Waals surface area (Å²) >= 11 is 0. The molecule has 0 amide bonds. The van der Waals surface area contributed by atoms with Crippen LogP contribution >= 0.6 is 0 Å². The molecule has 0 N–H and O–H groups in total. The van der Waals surface area contributed by atoms with Gasteiger partial charge in [0.1, 0.15) is 0 Å². The largest absolute Gasteiger partial charge is 0.356 e. The number of rotatable bonds is 6. The predicted molar refractivity (Wildman–Crippen MR) is 59.5 cm³/mol. The Kier molecular flexibility index (Phi) is 5.93. The van der Waals surface area contributed by atoms with Gasteiger partial charge in [0, 0.05) is 13.5 Å². The lowest BCUT2D eigenvalue weighted by Gasteiger charge is -2.24. The third-order valence-electron chi connectivity index (χ3n) is 2.28. The van der Waals surface area contributed by atoms with Crippen molar-refractivity contribution in [1.29, 1.82) is 0 Å². The molecule has 84 valence electrons. The van der Waals surface area contributed by atoms with Crippen molar-refractivity contribution in [3.8, 4) is 0 Å². The van der Waals surface area contributed by atoms with Gasteiger partial charge in [0.15, 0.2) is 5.72 Å². The van der Waals surface area contributed by atoms with E-state index in [1.807, 2.05) is 6.92 Å². The molecule has 0 spiro atoms. The maximum Gasteiger partial charge on any atom is 0.175 e. The van der Waals surface area contributed by atoms with Crippen LogP contribution in [-0.4, -0.2) is 18.9 Å². The summed E-state index contributed by atoms with van der Waals surface area (Å²) < 4.78 is 5.38. The van der Waals surface area contributed by atoms with Gasteiger partial charge in [-0.2, -0.15) is 10.2 Å². The Morgan fingerprint density at radius 3 is 2.21 bits per heavy atom. The molecule has 0 bridgehead atoms. The van der Waals surface area contributed by atoms with Crippen LogP contribution in [0, 0.1) is 5.92 Å². The highest BCUT2D eigenvalue weighted by molar-refractivity contribution is 4.72. The fraction of sp³-hybridized carbons (Fsp3) is 1.00. The van der Waals surface area contributed by atoms with Crippen LogP contribution in [-0.2, 0) is 4.74 Å². The van der Waals surface area contributed by atoms with Gasteiger partial charge in [0.2, 0.25) is 0 Å². The summed E-state index contributed by atoms with van der Waals surface area (Å²) in [6.07, 6.45) is 1.93. The van der Waals surface area contributed by atoms with E-state index >= 15 is 0 Å². The maximum absolute atomic E-state index is 5.38. The molecule has 0 heterocycles. The molecule has 0 aliphatic rings. The second-order valence-electron chi connectivity index (χ2n) is 4.45. The van der Waals surface area contributed by atoms with E-state index < -0.39 is 5.72 Å². The Morgan fingerprint density at radius 2 is 1.86 bits per heavy atom. The first-order chi connectivity index (χ1) is 6.43. The molecule has 2 unspecified atom stereocenters. The van der Waals surface area contributed by atoms with Gasteiger partial charge in [-0.15, -0.1) is 0 Å². The molecule has 0 saturated carbocycles. The summed E-state index contributed by atoms with van der Waals surface area (Å²) in [7, 11) is 1.69. The average molecular weight is 200 g/mol. The molecule has 3 heteroatoms. The number of ether oxygens (including phenoxy) is 1. The SMILES string of the molecule is CCC(C)N=NC(C)(CC(C)C)OC. The molecule has 0 radical (unpaired) electrons. The first-order valence-electron chi connectivity index (χ1n) is 5.40. The molecule has 0 aliphatic carbocycles. The van der Waals surface area contributed by atoms with Crippen molar-refractivity contribution in [2.45, 2.75) is 59.2 Å². The van der Waals surface area contributed by atoms with Gasteiger partial charge in [-0.05, 0) is 26.2 Å². The minimum absolute atomic E-state index is 0.289. The first kappa shape index (κ1) is 13.6. The molecule has 0 saturated heterocycles. The molecule has 0 aliphatic heterocycles. The fourth-order valence-corrected chi connectivity index (χ4v) is 1.22. The second kappa shape index (κ2) is 6.12. The lowest BCUT2D eigenvalue weighted by Crippen LogP contribution is -2.26. The van der Waals surface area contributed by atoms with E-state index in [9.17, 15) is 0 Å². The number of azo groups is 1. The Labute approximate surface area is 87.9 Å². The normalized spacial score (nSPS) is 18.8. The third-order valence-corrected chi connectivity index (χ3v) is 2.28. The van der Waals surface area contributed by atoms with Gasteiger partial charge in [-0.1, -0.05) is 20.8 Å². The van der Waals surface area contributed by atoms with E-state index in [0.717, 1.165) is 12.8 Å². The first-order valence-corrected chi connectivity index (χ1v) is 5.40. The van der Waals surface area contributed by atoms with Crippen LogP contribution in [0.5, 0.6) is 0 Å². The molecular weight excluding hydrogens is 176 g/mol. The van der Waals surface area contributed by atoms with Crippen molar-refractivity contribution < 1.29 is 4.74 Å². The van der Waals surface area contributed by atoms with Crippen LogP contribution < -0.4 is 0 Å². The lowest BCUT2D eigenvalue weighted by atomic mass is 10.0. The van der Waals surface area contributed by atoms with Crippen molar-refractivity contribution in [3.05, 3.63) is 0 Å². The summed E-state index contributed by atoms with van der Waals surface area (Å²) in [5.74, 6) is 0.566. The Morgan fingerprint density at radius 1 is 1.29 bits per heavy atom. The quantitative estimate of drug-likeness (QED) is 0.603. The third kappa shape index (κ3) is 5.32. The highest BCUT2D eigenvalue weighted by Crippen LogP contribution is 2.22. The zero-order valence-corrected chi connectivity index (χ0v) is 10.4. The molecule has 0 aromatic heterocycles. The fourth-order valence-electron chi connectivity index (χ4n) is 1.22. The highest BCUT2D eigenvalue weighted by atomic mass is 16.5. The van der Waals surface area contributed by atoms with Gasteiger partial charge in [-0.3, -0.25) is 0 Å². The van der Waals surface area contributed by atoms with Gasteiger partial charge in [-0.25, -0.2) is 0 Å². The number of nitrogens with zero attached hydrogens (tertiary/aromatic N) is 2. The van der Waals surface area contributed by atoms with E-state index in [-0.39, 0.29) is 6.04 Å². The predicted octanol–water partition coefficient (Wildman–Crippen LogP) is 3.65. The lowest BCUT2D eigenvalue weighted by molar-refractivity contribution is -0.0102. The van der Waals surface area contributed by atoms with Crippen LogP contribution in [0.1, 0.15) is 47.5 Å². The molecule has 0 fully saturated rings. The standard InChI is InChI=1S/C11H24N2O/c1-7-10(4)12-13-11(5,14-6)8-9(2)3/h9-10H,7-8H2,1-6H3. The van der Waals surface area contributed by atoms with Crippen molar-refractivity contribution in [2.75, 3.05) is 7.11 Å². The highest BCUT2D eigenvalue weighted by Gasteiger charge is 2.24. The van der Waals surface area contributed by atoms with Crippen LogP contribution in [0.25, 0.3) is 0 Å². The van der Waals surface area contributed by atoms with Crippen molar-refractivity contribution in [1.82, 2.24) is 0 Å². The zero-order valence-electron chi connectivity index (χ0n) is 10.4. The summed E-state index contributed by atoms with van der Waals surface area (Å²) in [5, 5.41) is 8.53. The smallest absolute Gasteiger partial charge is 0.175 e. The Hall–Kier alpha value is -0.440. The number of hydrogen-bond donors (Lipinski definition) is 0. The van der Waals surface area contributed by atoms with Gasteiger partial charge >= 0.3 is 0 Å². The monoisotopic (exact) mass is 200 g/mol. The Bertz CT molecular complexity index is 180. The summed E-state index contributed by atoms with van der Waals surface area (Å²) in [6.45, 7) is 10.5. The van der Waals surface area contributed by atoms with Gasteiger partial charge in [0.25, 0.3) is 0 Å². The molecular formula is C11H24N2O. The molecule has 2 atom stereocenters. The van der Waals surface area contributed by atoms with E-state index in [1.54, 1.807) is 7.11 Å². The topological polar surface area (TPSA) is 34.0 Å². The maximum atomic E-state index is 5.38. The summed E-state index contributed by atoms with van der Waals surface area (Å²) in [5.41, 5.74) is -0.447. The van der Waals surface area contributed by atoms with E-state index in [1.165, 1.54) is 0 Å². The van der Waals surface area contributed by atoms with Crippen LogP contribution in [0.4, 0.5) is 0 Å². The summed E-state index contributed by atoms with van der Waals surface area (Å²) in [4.78, 5) is 0. The molecule has 0 aromatic rings. The van der Waals surface area contributed by atoms with E-state index in [0.29, 0.717) is 5.92 Å². The average Bonchev–Trinajstić information content (AvgIpc) is 2.13. The Balaban J connectivity index is 4.30. The second-order valence-corrected chi connectivity index (χ2v) is 4.45. The van der Waals surface area contributed by atoms with Crippen LogP contribution in [0.15, 0.2) is 10.2 Å². The zero-order chi connectivity index (χ0) is 11.2. The van der Waals surface area contributed by atoms with Gasteiger partial charge < -0.3 is 4.74 Å². The van der Waals surface area contributed by atoms with Crippen LogP contribution in [0.3, 0.4) is 0 Å². The van der Waals surface area contributed by atoms with Crippen molar-refractivity contribution in [2.24, 2.45) is 16.1 Å². The van der Waals surface area contributed by atoms with Crippen LogP contribution in [0.2, 0.25) is 0 Å². The van der Waals surface area contributed by atoms with E-state index in [2.05, 4.69) is 37.9 Å². The van der Waals surface area contributed by atoms with E-state index in [4.69, 9.17) is 4.74 Å². The van der Waals surface area contributed by atoms with Gasteiger partial charge in [0.05, 0.1) is 6.04 Å². The molecule has 0 aromatic carbocycles. The summed E-state index contributed by atoms with van der Waals surface area (Å²) in [6, 6.07) is 0.289. The van der Waals surface area contributed by atoms with Crippen molar-refractivity contribution >= 4 is 0 Å². The number of methoxy groups -OCH3 is 1. The molecule has 14 heavy (non-hydrogen) atoms. The van der Waals surface area contributed by atoms with Crippen molar-refractivity contribution in [3.63, 3.8) is 0 Å². The number of hydrogen-bond acceptors (Lipinski definition) is 3. The molecule has 0 rings (SSSR count).